The van der Waals surface area contributed by atoms with Gasteiger partial charge in [0.05, 0.1) is 22.6 Å². The van der Waals surface area contributed by atoms with Gasteiger partial charge in [-0.25, -0.2) is 5.01 Å². The molecule has 19 heavy (non-hydrogen) atoms. The Labute approximate surface area is 120 Å². The molecule has 0 aromatic heterocycles. The number of hydrogen-bond acceptors (Lipinski definition) is 4. The summed E-state index contributed by atoms with van der Waals surface area (Å²) < 4.78 is 0. The van der Waals surface area contributed by atoms with Gasteiger partial charge in [-0.3, -0.25) is 0 Å². The monoisotopic (exact) mass is 280 g/mol. The highest BCUT2D eigenvalue weighted by atomic mass is 35.5. The maximum absolute atomic E-state index is 6.43. The summed E-state index contributed by atoms with van der Waals surface area (Å²) in [4.78, 5) is 4.63. The molecule has 0 aliphatic carbocycles. The Morgan fingerprint density at radius 1 is 1.26 bits per heavy atom. The second kappa shape index (κ2) is 5.80. The molecule has 0 amide bonds. The lowest BCUT2D eigenvalue weighted by Gasteiger charge is -2.37. The lowest BCUT2D eigenvalue weighted by Crippen LogP contribution is -2.44. The maximum Gasteiger partial charge on any atom is 0.0744 e. The number of halogens is 1. The number of allylic oxidation sites excluding steroid dienone is 3. The molecule has 4 nitrogen and oxygen atoms in total. The maximum atomic E-state index is 6.43. The zero-order valence-electron chi connectivity index (χ0n) is 11.9. The van der Waals surface area contributed by atoms with Crippen molar-refractivity contribution in [2.75, 3.05) is 33.2 Å². The van der Waals surface area contributed by atoms with Crippen LogP contribution in [0.15, 0.2) is 39.4 Å². The molecule has 0 radical (unpaired) electrons. The summed E-state index contributed by atoms with van der Waals surface area (Å²) in [6, 6.07) is 0. The Morgan fingerprint density at radius 3 is 2.42 bits per heavy atom. The van der Waals surface area contributed by atoms with E-state index in [0.29, 0.717) is 0 Å². The number of rotatable bonds is 2. The summed E-state index contributed by atoms with van der Waals surface area (Å²) in [7, 11) is 2.14. The normalized spacial score (nSPS) is 21.2. The lowest BCUT2D eigenvalue weighted by molar-refractivity contribution is 0.187. The third-order valence-corrected chi connectivity index (χ3v) is 3.81. The zero-order valence-corrected chi connectivity index (χ0v) is 12.6. The Kier molecular flexibility index (Phi) is 4.32. The van der Waals surface area contributed by atoms with Crippen molar-refractivity contribution in [3.63, 3.8) is 0 Å². The van der Waals surface area contributed by atoms with Gasteiger partial charge in [-0.2, -0.15) is 5.10 Å². The van der Waals surface area contributed by atoms with Gasteiger partial charge in [-0.05, 0) is 27.0 Å². The van der Waals surface area contributed by atoms with Crippen LogP contribution in [0.25, 0.3) is 0 Å². The van der Waals surface area contributed by atoms with Gasteiger partial charge in [-0.15, -0.1) is 0 Å². The molecule has 5 heteroatoms. The average molecular weight is 281 g/mol. The van der Waals surface area contributed by atoms with Crippen molar-refractivity contribution in [2.24, 2.45) is 5.10 Å². The van der Waals surface area contributed by atoms with Crippen LogP contribution in [0, 0.1) is 0 Å². The number of hydrogen-bond donors (Lipinski definition) is 0. The standard InChI is InChI=1S/C14H21ClN4/c1-11(2)13-9-12(15)14(10-19(13)16-3)18-7-5-17(4)6-8-18/h9-10H,3,5-8H2,1-2,4H3. The van der Waals surface area contributed by atoms with Crippen molar-refractivity contribution < 1.29 is 0 Å². The number of piperazine rings is 1. The minimum Gasteiger partial charge on any atom is -0.367 e. The molecule has 2 rings (SSSR count). The Hall–Kier alpha value is -1.26. The zero-order chi connectivity index (χ0) is 14.0. The third kappa shape index (κ3) is 3.01. The van der Waals surface area contributed by atoms with E-state index >= 15 is 0 Å². The molecule has 0 aromatic rings. The van der Waals surface area contributed by atoms with Gasteiger partial charge in [0.2, 0.25) is 0 Å². The van der Waals surface area contributed by atoms with E-state index in [9.17, 15) is 0 Å². The summed E-state index contributed by atoms with van der Waals surface area (Å²) in [5.74, 6) is 0. The van der Waals surface area contributed by atoms with Crippen molar-refractivity contribution in [3.8, 4) is 0 Å². The van der Waals surface area contributed by atoms with Gasteiger partial charge in [0.25, 0.3) is 0 Å². The molecule has 0 saturated carbocycles. The number of likely N-dealkylation sites (N-methyl/N-ethyl adjacent to an activating group) is 1. The highest BCUT2D eigenvalue weighted by Crippen LogP contribution is 2.30. The van der Waals surface area contributed by atoms with Crippen LogP contribution in [0.5, 0.6) is 0 Å². The first kappa shape index (κ1) is 14.2. The van der Waals surface area contributed by atoms with E-state index in [1.807, 2.05) is 26.1 Å². The molecule has 1 saturated heterocycles. The van der Waals surface area contributed by atoms with Crippen LogP contribution in [0.3, 0.4) is 0 Å². The van der Waals surface area contributed by atoms with Gasteiger partial charge in [0.1, 0.15) is 0 Å². The minimum absolute atomic E-state index is 0.778. The van der Waals surface area contributed by atoms with Crippen LogP contribution in [-0.4, -0.2) is 54.8 Å². The fourth-order valence-corrected chi connectivity index (χ4v) is 2.55. The molecule has 104 valence electrons. The third-order valence-electron chi connectivity index (χ3n) is 3.51. The molecular weight excluding hydrogens is 260 g/mol. The first-order valence-electron chi connectivity index (χ1n) is 6.49. The van der Waals surface area contributed by atoms with Crippen molar-refractivity contribution in [3.05, 3.63) is 34.3 Å². The Morgan fingerprint density at radius 2 is 1.89 bits per heavy atom. The van der Waals surface area contributed by atoms with Crippen molar-refractivity contribution in [2.45, 2.75) is 13.8 Å². The quantitative estimate of drug-likeness (QED) is 0.726. The molecule has 0 N–H and O–H groups in total. The number of nitrogens with zero attached hydrogens (tertiary/aromatic N) is 4. The molecule has 1 fully saturated rings. The summed E-state index contributed by atoms with van der Waals surface area (Å²) in [5, 5.41) is 6.63. The predicted octanol–water partition coefficient (Wildman–Crippen LogP) is 2.42. The first-order chi connectivity index (χ1) is 9.02. The molecule has 2 heterocycles. The molecule has 0 bridgehead atoms. The van der Waals surface area contributed by atoms with Crippen molar-refractivity contribution >= 4 is 18.3 Å². The van der Waals surface area contributed by atoms with E-state index in [-0.39, 0.29) is 0 Å². The summed E-state index contributed by atoms with van der Waals surface area (Å²) in [5.41, 5.74) is 3.20. The van der Waals surface area contributed by atoms with Gasteiger partial charge in [0.15, 0.2) is 0 Å². The topological polar surface area (TPSA) is 22.1 Å². The first-order valence-corrected chi connectivity index (χ1v) is 6.87. The summed E-state index contributed by atoms with van der Waals surface area (Å²) in [6.45, 7) is 11.8. The van der Waals surface area contributed by atoms with E-state index in [1.54, 1.807) is 5.01 Å². The van der Waals surface area contributed by atoms with Crippen LogP contribution in [0.4, 0.5) is 0 Å². The highest BCUT2D eigenvalue weighted by molar-refractivity contribution is 6.32. The molecule has 0 spiro atoms. The van der Waals surface area contributed by atoms with Crippen LogP contribution in [0.2, 0.25) is 0 Å². The van der Waals surface area contributed by atoms with Crippen LogP contribution < -0.4 is 0 Å². The molecule has 0 atom stereocenters. The fraction of sp³-hybridized carbons (Fsp3) is 0.500. The Balaban J connectivity index is 2.25. The van der Waals surface area contributed by atoms with Crippen LogP contribution in [0.1, 0.15) is 13.8 Å². The summed E-state index contributed by atoms with van der Waals surface area (Å²) >= 11 is 6.43. The van der Waals surface area contributed by atoms with E-state index in [1.165, 1.54) is 5.57 Å². The second-order valence-electron chi connectivity index (χ2n) is 5.17. The second-order valence-corrected chi connectivity index (χ2v) is 5.58. The van der Waals surface area contributed by atoms with E-state index < -0.39 is 0 Å². The van der Waals surface area contributed by atoms with E-state index in [0.717, 1.165) is 42.6 Å². The van der Waals surface area contributed by atoms with Crippen molar-refractivity contribution in [1.29, 1.82) is 0 Å². The molecule has 2 aliphatic rings. The van der Waals surface area contributed by atoms with Gasteiger partial charge < -0.3 is 9.80 Å². The average Bonchev–Trinajstić information content (AvgIpc) is 2.39. The molecule has 0 unspecified atom stereocenters. The SMILES string of the molecule is C=NN1C=C(N2CCN(C)CC2)C(Cl)=CC1=C(C)C. The molecule has 2 aliphatic heterocycles. The smallest absolute Gasteiger partial charge is 0.0744 e. The number of hydrazone groups is 1. The van der Waals surface area contributed by atoms with Gasteiger partial charge in [0, 0.05) is 32.9 Å². The largest absolute Gasteiger partial charge is 0.367 e. The van der Waals surface area contributed by atoms with Crippen LogP contribution in [-0.2, 0) is 0 Å². The van der Waals surface area contributed by atoms with Gasteiger partial charge in [-0.1, -0.05) is 17.2 Å². The lowest BCUT2D eigenvalue weighted by atomic mass is 10.1. The van der Waals surface area contributed by atoms with Crippen LogP contribution >= 0.6 is 11.6 Å². The molecule has 0 aromatic carbocycles. The van der Waals surface area contributed by atoms with Gasteiger partial charge >= 0.3 is 0 Å². The minimum atomic E-state index is 0.778. The Bertz CT molecular complexity index is 452. The fourth-order valence-electron chi connectivity index (χ4n) is 2.28. The van der Waals surface area contributed by atoms with Crippen molar-refractivity contribution in [1.82, 2.24) is 14.8 Å². The highest BCUT2D eigenvalue weighted by Gasteiger charge is 2.23. The predicted molar refractivity (Wildman–Crippen MR) is 80.9 cm³/mol. The summed E-state index contributed by atoms with van der Waals surface area (Å²) in [6.07, 6.45) is 3.95. The molecular formula is C14H21ClN4. The van der Waals surface area contributed by atoms with E-state index in [2.05, 4.69) is 28.7 Å². The van der Waals surface area contributed by atoms with E-state index in [4.69, 9.17) is 11.6 Å².